The molecule has 0 spiro atoms. The summed E-state index contributed by atoms with van der Waals surface area (Å²) < 4.78 is 26.7. The van der Waals surface area contributed by atoms with Crippen molar-refractivity contribution in [2.75, 3.05) is 13.6 Å². The molecular formula is C23H23F2N3O2. The largest absolute Gasteiger partial charge is 0.336 e. The minimum absolute atomic E-state index is 0.00699. The van der Waals surface area contributed by atoms with Crippen LogP contribution >= 0.6 is 0 Å². The van der Waals surface area contributed by atoms with Crippen LogP contribution in [0.4, 0.5) is 8.78 Å². The molecule has 1 aliphatic heterocycles. The predicted molar refractivity (Wildman–Crippen MR) is 109 cm³/mol. The maximum absolute atomic E-state index is 13.4. The van der Waals surface area contributed by atoms with Crippen LogP contribution in [-0.2, 0) is 9.59 Å². The first-order valence-electron chi connectivity index (χ1n) is 10.1. The Morgan fingerprint density at radius 1 is 1.03 bits per heavy atom. The summed E-state index contributed by atoms with van der Waals surface area (Å²) in [5, 5.41) is 5.88. The second-order valence-corrected chi connectivity index (χ2v) is 7.89. The normalized spacial score (nSPS) is 18.7. The number of hydrazone groups is 1. The summed E-state index contributed by atoms with van der Waals surface area (Å²) in [5.41, 5.74) is 2.11. The van der Waals surface area contributed by atoms with Gasteiger partial charge in [-0.2, -0.15) is 5.10 Å². The molecule has 0 aromatic heterocycles. The molecule has 1 saturated carbocycles. The highest BCUT2D eigenvalue weighted by Gasteiger charge is 2.35. The Morgan fingerprint density at radius 3 is 2.20 bits per heavy atom. The second kappa shape index (κ2) is 8.34. The zero-order chi connectivity index (χ0) is 21.3. The topological polar surface area (TPSA) is 53.0 Å². The highest BCUT2D eigenvalue weighted by Crippen LogP contribution is 2.33. The molecule has 4 rings (SSSR count). The maximum Gasteiger partial charge on any atom is 0.262 e. The van der Waals surface area contributed by atoms with E-state index in [1.807, 2.05) is 0 Å². The summed E-state index contributed by atoms with van der Waals surface area (Å²) in [7, 11) is 1.63. The number of halogens is 2. The molecule has 1 aliphatic carbocycles. The molecule has 156 valence electrons. The summed E-state index contributed by atoms with van der Waals surface area (Å²) in [6.45, 7) is -0.0762. The number of hydrogen-bond acceptors (Lipinski definition) is 3. The van der Waals surface area contributed by atoms with Gasteiger partial charge in [-0.25, -0.2) is 13.8 Å². The molecule has 30 heavy (non-hydrogen) atoms. The van der Waals surface area contributed by atoms with E-state index in [0.29, 0.717) is 12.1 Å². The molecule has 0 saturated heterocycles. The first-order chi connectivity index (χ1) is 14.4. The average molecular weight is 411 g/mol. The molecule has 2 aromatic rings. The van der Waals surface area contributed by atoms with Gasteiger partial charge in [0.1, 0.15) is 18.2 Å². The van der Waals surface area contributed by atoms with E-state index in [2.05, 4.69) is 5.10 Å². The SMILES string of the molecule is CN(CC(=O)N1N=C(c2ccc(F)cc2)C[C@H]1c1ccc(F)cc1)C(=O)C1CCC1. The van der Waals surface area contributed by atoms with E-state index in [4.69, 9.17) is 0 Å². The van der Waals surface area contributed by atoms with Gasteiger partial charge in [-0.15, -0.1) is 0 Å². The fraction of sp³-hybridized carbons (Fsp3) is 0.348. The van der Waals surface area contributed by atoms with Gasteiger partial charge in [0.25, 0.3) is 5.91 Å². The van der Waals surface area contributed by atoms with Crippen molar-refractivity contribution in [2.45, 2.75) is 31.7 Å². The van der Waals surface area contributed by atoms with E-state index in [9.17, 15) is 18.4 Å². The molecule has 5 nitrogen and oxygen atoms in total. The fourth-order valence-electron chi connectivity index (χ4n) is 3.82. The van der Waals surface area contributed by atoms with Crippen LogP contribution in [0.5, 0.6) is 0 Å². The van der Waals surface area contributed by atoms with E-state index in [0.717, 1.165) is 30.4 Å². The Kier molecular flexibility index (Phi) is 5.61. The van der Waals surface area contributed by atoms with Crippen LogP contribution in [-0.4, -0.2) is 41.0 Å². The average Bonchev–Trinajstić information content (AvgIpc) is 3.13. The molecule has 1 fully saturated rings. The lowest BCUT2D eigenvalue weighted by atomic mass is 9.84. The van der Waals surface area contributed by atoms with Crippen molar-refractivity contribution < 1.29 is 18.4 Å². The molecular weight excluding hydrogens is 388 g/mol. The van der Waals surface area contributed by atoms with E-state index in [1.54, 1.807) is 31.3 Å². The van der Waals surface area contributed by atoms with Gasteiger partial charge in [0, 0.05) is 19.4 Å². The highest BCUT2D eigenvalue weighted by atomic mass is 19.1. The number of benzene rings is 2. The summed E-state index contributed by atoms with van der Waals surface area (Å²) >= 11 is 0. The summed E-state index contributed by atoms with van der Waals surface area (Å²) in [5.74, 6) is -1.03. The molecule has 1 heterocycles. The molecule has 2 aliphatic rings. The van der Waals surface area contributed by atoms with E-state index < -0.39 is 6.04 Å². The molecule has 0 bridgehead atoms. The Bertz CT molecular complexity index is 969. The second-order valence-electron chi connectivity index (χ2n) is 7.89. The van der Waals surface area contributed by atoms with Gasteiger partial charge in [-0.3, -0.25) is 9.59 Å². The van der Waals surface area contributed by atoms with Gasteiger partial charge >= 0.3 is 0 Å². The van der Waals surface area contributed by atoms with Crippen LogP contribution in [0.3, 0.4) is 0 Å². The Balaban J connectivity index is 1.57. The zero-order valence-corrected chi connectivity index (χ0v) is 16.7. The van der Waals surface area contributed by atoms with Gasteiger partial charge in [-0.05, 0) is 48.2 Å². The van der Waals surface area contributed by atoms with Crippen molar-refractivity contribution in [3.8, 4) is 0 Å². The van der Waals surface area contributed by atoms with Gasteiger partial charge in [0.15, 0.2) is 0 Å². The molecule has 0 N–H and O–H groups in total. The number of carbonyl (C=O) groups excluding carboxylic acids is 2. The molecule has 7 heteroatoms. The van der Waals surface area contributed by atoms with Crippen molar-refractivity contribution >= 4 is 17.5 Å². The molecule has 0 radical (unpaired) electrons. The third-order valence-corrected chi connectivity index (χ3v) is 5.80. The number of likely N-dealkylation sites (N-methyl/N-ethyl adjacent to an activating group) is 1. The molecule has 0 unspecified atom stereocenters. The van der Waals surface area contributed by atoms with E-state index in [-0.39, 0.29) is 35.9 Å². The van der Waals surface area contributed by atoms with E-state index in [1.165, 1.54) is 34.2 Å². The van der Waals surface area contributed by atoms with Gasteiger partial charge < -0.3 is 4.90 Å². The summed E-state index contributed by atoms with van der Waals surface area (Å²) in [4.78, 5) is 26.9. The molecule has 2 aromatic carbocycles. The smallest absolute Gasteiger partial charge is 0.262 e. The van der Waals surface area contributed by atoms with Crippen molar-refractivity contribution in [3.05, 3.63) is 71.3 Å². The number of amides is 2. The zero-order valence-electron chi connectivity index (χ0n) is 16.7. The lowest BCUT2D eigenvalue weighted by Gasteiger charge is -2.30. The monoisotopic (exact) mass is 411 g/mol. The lowest BCUT2D eigenvalue weighted by molar-refractivity contribution is -0.144. The van der Waals surface area contributed by atoms with Crippen molar-refractivity contribution in [2.24, 2.45) is 11.0 Å². The third kappa shape index (κ3) is 4.10. The minimum atomic E-state index is -0.412. The Morgan fingerprint density at radius 2 is 1.63 bits per heavy atom. The first-order valence-corrected chi connectivity index (χ1v) is 10.1. The van der Waals surface area contributed by atoms with Gasteiger partial charge in [0.2, 0.25) is 5.91 Å². The quantitative estimate of drug-likeness (QED) is 0.749. The number of carbonyl (C=O) groups is 2. The Hall–Kier alpha value is -3.09. The Labute approximate surface area is 174 Å². The van der Waals surface area contributed by atoms with Crippen LogP contribution in [0.1, 0.15) is 42.9 Å². The lowest BCUT2D eigenvalue weighted by Crippen LogP contribution is -2.42. The fourth-order valence-corrected chi connectivity index (χ4v) is 3.82. The minimum Gasteiger partial charge on any atom is -0.336 e. The summed E-state index contributed by atoms with van der Waals surface area (Å²) in [6.07, 6.45) is 3.20. The third-order valence-electron chi connectivity index (χ3n) is 5.80. The first kappa shape index (κ1) is 20.2. The van der Waals surface area contributed by atoms with Gasteiger partial charge in [0.05, 0.1) is 11.8 Å². The van der Waals surface area contributed by atoms with Crippen molar-refractivity contribution in [1.82, 2.24) is 9.91 Å². The van der Waals surface area contributed by atoms with Crippen molar-refractivity contribution in [3.63, 3.8) is 0 Å². The predicted octanol–water partition coefficient (Wildman–Crippen LogP) is 3.90. The number of rotatable bonds is 5. The van der Waals surface area contributed by atoms with Crippen LogP contribution < -0.4 is 0 Å². The van der Waals surface area contributed by atoms with Crippen LogP contribution in [0.2, 0.25) is 0 Å². The van der Waals surface area contributed by atoms with Crippen LogP contribution in [0.25, 0.3) is 0 Å². The summed E-state index contributed by atoms with van der Waals surface area (Å²) in [6, 6.07) is 11.5. The van der Waals surface area contributed by atoms with E-state index >= 15 is 0 Å². The van der Waals surface area contributed by atoms with Crippen molar-refractivity contribution in [1.29, 1.82) is 0 Å². The highest BCUT2D eigenvalue weighted by molar-refractivity contribution is 6.03. The number of hydrogen-bond donors (Lipinski definition) is 0. The molecule has 1 atom stereocenters. The standard InChI is InChI=1S/C23H23F2N3O2/c1-27(23(30)17-3-2-4-17)14-22(29)28-21(16-7-11-19(25)12-8-16)13-20(26-28)15-5-9-18(24)10-6-15/h5-12,17,21H,2-4,13-14H2,1H3/t21-/m0/s1. The maximum atomic E-state index is 13.4. The van der Waals surface area contributed by atoms with Gasteiger partial charge in [-0.1, -0.05) is 30.7 Å². The van der Waals surface area contributed by atoms with Crippen LogP contribution in [0.15, 0.2) is 53.6 Å². The molecule has 2 amide bonds. The van der Waals surface area contributed by atoms with Crippen LogP contribution in [0, 0.1) is 17.6 Å². The number of nitrogens with zero attached hydrogens (tertiary/aromatic N) is 3.